The first-order chi connectivity index (χ1) is 3.83. The van der Waals surface area contributed by atoms with Gasteiger partial charge in [-0.2, -0.15) is 0 Å². The number of hydrogen-bond acceptors (Lipinski definition) is 0. The summed E-state index contributed by atoms with van der Waals surface area (Å²) in [5.74, 6) is 0. The van der Waals surface area contributed by atoms with Crippen LogP contribution in [0, 0.1) is 0 Å². The quantitative estimate of drug-likeness (QED) is 0.330. The molecule has 0 aliphatic rings. The third-order valence-electron chi connectivity index (χ3n) is 0. The zero-order valence-corrected chi connectivity index (χ0v) is 5.24. The highest BCUT2D eigenvalue weighted by molar-refractivity contribution is 4.52. The molecule has 0 aliphatic carbocycles. The van der Waals surface area contributed by atoms with Crippen LogP contribution >= 0.6 is 0 Å². The van der Waals surface area contributed by atoms with Gasteiger partial charge in [-0.15, -0.1) is 24.6 Å². The molecule has 0 heterocycles. The second-order valence-electron chi connectivity index (χ2n) is 0.500. The lowest BCUT2D eigenvalue weighted by Crippen LogP contribution is -0.844. The van der Waals surface area contributed by atoms with Gasteiger partial charge >= 0.3 is 0 Å². The first-order valence-corrected chi connectivity index (χ1v) is 1.91. The monoisotopic (exact) mass is 108 g/mol. The van der Waals surface area contributed by atoms with Gasteiger partial charge in [0.1, 0.15) is 0 Å². The maximum absolute atomic E-state index is 3.12. The van der Waals surface area contributed by atoms with Gasteiger partial charge in [0.05, 0.1) is 0 Å². The summed E-state index contributed by atoms with van der Waals surface area (Å²) in [6, 6.07) is 0. The zero-order chi connectivity index (χ0) is 7.41. The topological polar surface area (TPSA) is 0 Å². The van der Waals surface area contributed by atoms with E-state index in [9.17, 15) is 0 Å². The van der Waals surface area contributed by atoms with Gasteiger partial charge in [0.2, 0.25) is 0 Å². The van der Waals surface area contributed by atoms with Crippen molar-refractivity contribution in [3.63, 3.8) is 0 Å². The van der Waals surface area contributed by atoms with Crippen LogP contribution in [0.15, 0.2) is 50.9 Å². The molecule has 0 atom stereocenters. The summed E-state index contributed by atoms with van der Waals surface area (Å²) >= 11 is 0. The molecule has 0 bridgehead atoms. The maximum Gasteiger partial charge on any atom is -0.0572 e. The number of hydrogen-bond donors (Lipinski definition) is 0. The molecule has 0 N–H and O–H groups in total. The minimum atomic E-state index is 2.25. The second kappa shape index (κ2) is 217. The lowest BCUT2D eigenvalue weighted by Gasteiger charge is -1.10. The van der Waals surface area contributed by atoms with E-state index in [2.05, 4.69) is 50.9 Å². The molecule has 0 radical (unpaired) electrons. The summed E-state index contributed by atoms with van der Waals surface area (Å²) < 4.78 is 0. The Hall–Kier alpha value is -1.22. The van der Waals surface area contributed by atoms with Crippen molar-refractivity contribution in [3.05, 3.63) is 50.9 Å². The zero-order valence-electron chi connectivity index (χ0n) is 5.24. The molecule has 0 unspecified atom stereocenters. The van der Waals surface area contributed by atoms with Crippen LogP contribution in [0.25, 0.3) is 0 Å². The third-order valence-corrected chi connectivity index (χ3v) is 0. The lowest BCUT2D eigenvalue weighted by atomic mass is 11.0. The van der Waals surface area contributed by atoms with Gasteiger partial charge in [-0.1, -0.05) is 26.3 Å². The van der Waals surface area contributed by atoms with Crippen LogP contribution in [0.5, 0.6) is 0 Å². The van der Waals surface area contributed by atoms with Gasteiger partial charge in [0.15, 0.2) is 0 Å². The molecule has 0 aromatic rings. The predicted molar refractivity (Wildman–Crippen MR) is 40.8 cm³/mol. The van der Waals surface area contributed by atoms with Crippen molar-refractivity contribution in [2.45, 2.75) is 0 Å². The predicted octanol–water partition coefficient (Wildman–Crippen LogP) is 2.72. The molecular weight excluding hydrogens is 96.1 g/mol. The Morgan fingerprint density at radius 1 is 0.625 bits per heavy atom. The van der Waals surface area contributed by atoms with Crippen molar-refractivity contribution in [2.75, 3.05) is 0 Å². The maximum atomic E-state index is 3.12. The Morgan fingerprint density at radius 3 is 0.625 bits per heavy atom. The summed E-state index contributed by atoms with van der Waals surface area (Å²) in [7, 11) is 0. The molecule has 0 amide bonds. The first kappa shape index (κ1) is 15.9. The molecule has 0 saturated carbocycles. The number of rotatable bonds is 0. The third kappa shape index (κ3) is 45.9. The molecule has 44 valence electrons. The van der Waals surface area contributed by atoms with E-state index < -0.39 is 0 Å². The molecule has 0 saturated heterocycles. The summed E-state index contributed by atoms with van der Waals surface area (Å²) in [5.41, 5.74) is 4.50. The molecule has 0 fully saturated rings. The van der Waals surface area contributed by atoms with Crippen LogP contribution < -0.4 is 0 Å². The van der Waals surface area contributed by atoms with Crippen molar-refractivity contribution >= 4 is 0 Å². The standard InChI is InChI=1S/2C3H4.C2H4/c2*1-3-2;1-2/h2*1-2H2;1-2H2. The Kier molecular flexibility index (Phi) is 430. The average Bonchev–Trinajstić information content (AvgIpc) is 1.75. The molecule has 8 heavy (non-hydrogen) atoms. The van der Waals surface area contributed by atoms with Crippen molar-refractivity contribution in [1.82, 2.24) is 0 Å². The SMILES string of the molecule is C=C.C=C=C.C=C=C. The van der Waals surface area contributed by atoms with Crippen LogP contribution in [0.3, 0.4) is 0 Å². The van der Waals surface area contributed by atoms with Crippen LogP contribution in [-0.4, -0.2) is 0 Å². The Labute approximate surface area is 51.9 Å². The van der Waals surface area contributed by atoms with E-state index in [1.54, 1.807) is 0 Å². The molecular formula is C8H12. The van der Waals surface area contributed by atoms with Crippen molar-refractivity contribution in [3.8, 4) is 0 Å². The Morgan fingerprint density at radius 2 is 0.625 bits per heavy atom. The normalized spacial score (nSPS) is 2.50. The van der Waals surface area contributed by atoms with Crippen LogP contribution in [0.4, 0.5) is 0 Å². The van der Waals surface area contributed by atoms with Gasteiger partial charge in [0.25, 0.3) is 0 Å². The highest BCUT2D eigenvalue weighted by atomic mass is 13.0. The molecule has 0 aliphatic heterocycles. The van der Waals surface area contributed by atoms with Gasteiger partial charge < -0.3 is 0 Å². The van der Waals surface area contributed by atoms with Crippen LogP contribution in [0.1, 0.15) is 0 Å². The Bertz CT molecular complexity index is 64.2. The van der Waals surface area contributed by atoms with E-state index in [1.165, 1.54) is 0 Å². The molecule has 0 nitrogen and oxygen atoms in total. The summed E-state index contributed by atoms with van der Waals surface area (Å²) in [4.78, 5) is 0. The molecule has 0 heteroatoms. The lowest BCUT2D eigenvalue weighted by molar-refractivity contribution is 2.51. The van der Waals surface area contributed by atoms with Gasteiger partial charge in [-0.05, 0) is 0 Å². The average molecular weight is 108 g/mol. The fourth-order valence-electron chi connectivity index (χ4n) is 0. The fraction of sp³-hybridized carbons (Fsp3) is 0. The summed E-state index contributed by atoms with van der Waals surface area (Å²) in [6.45, 7) is 18.5. The van der Waals surface area contributed by atoms with Crippen molar-refractivity contribution in [1.29, 1.82) is 0 Å². The van der Waals surface area contributed by atoms with Crippen LogP contribution in [-0.2, 0) is 0 Å². The van der Waals surface area contributed by atoms with Gasteiger partial charge in [0, 0.05) is 0 Å². The van der Waals surface area contributed by atoms with E-state index in [1.807, 2.05) is 0 Å². The second-order valence-corrected chi connectivity index (χ2v) is 0.500. The molecule has 0 aromatic carbocycles. The highest BCUT2D eigenvalue weighted by Crippen LogP contribution is 1.16. The minimum absolute atomic E-state index is 2.25. The van der Waals surface area contributed by atoms with Crippen LogP contribution in [0.2, 0.25) is 0 Å². The highest BCUT2D eigenvalue weighted by Gasteiger charge is 0.907. The van der Waals surface area contributed by atoms with Crippen molar-refractivity contribution in [2.24, 2.45) is 0 Å². The van der Waals surface area contributed by atoms with E-state index in [0.29, 0.717) is 0 Å². The largest absolute Gasteiger partial charge is 0.137 e. The van der Waals surface area contributed by atoms with E-state index in [-0.39, 0.29) is 0 Å². The van der Waals surface area contributed by atoms with Crippen molar-refractivity contribution < 1.29 is 0 Å². The summed E-state index contributed by atoms with van der Waals surface area (Å²) in [5, 5.41) is 0. The molecule has 0 rings (SSSR count). The first-order valence-electron chi connectivity index (χ1n) is 1.91. The van der Waals surface area contributed by atoms with E-state index in [4.69, 9.17) is 0 Å². The summed E-state index contributed by atoms with van der Waals surface area (Å²) in [6.07, 6.45) is 0. The molecule has 0 spiro atoms. The van der Waals surface area contributed by atoms with Gasteiger partial charge in [-0.25, -0.2) is 0 Å². The Balaban J connectivity index is -0.0000000483. The van der Waals surface area contributed by atoms with E-state index in [0.717, 1.165) is 0 Å². The minimum Gasteiger partial charge on any atom is -0.137 e. The smallest absolute Gasteiger partial charge is 0.0572 e. The molecule has 0 aromatic heterocycles. The fourth-order valence-corrected chi connectivity index (χ4v) is 0. The van der Waals surface area contributed by atoms with E-state index >= 15 is 0 Å². The van der Waals surface area contributed by atoms with Gasteiger partial charge in [-0.3, -0.25) is 0 Å².